The number of nitrogens with zero attached hydrogens (tertiary/aromatic N) is 2. The predicted octanol–water partition coefficient (Wildman–Crippen LogP) is 2.42. The molecule has 82 valence electrons. The first kappa shape index (κ1) is 10.4. The number of halogens is 1. The fourth-order valence-electron chi connectivity index (χ4n) is 1.13. The lowest BCUT2D eigenvalue weighted by Crippen LogP contribution is -1.93. The van der Waals surface area contributed by atoms with Gasteiger partial charge in [-0.15, -0.1) is 0 Å². The Hall–Kier alpha value is -2.17. The van der Waals surface area contributed by atoms with Gasteiger partial charge < -0.3 is 9.47 Å². The number of benzene rings is 1. The van der Waals surface area contributed by atoms with Crippen molar-refractivity contribution in [3.8, 4) is 17.5 Å². The van der Waals surface area contributed by atoms with Crippen LogP contribution in [0.15, 0.2) is 36.7 Å². The molecule has 1 heterocycles. The van der Waals surface area contributed by atoms with Crippen molar-refractivity contribution in [1.82, 2.24) is 9.97 Å². The van der Waals surface area contributed by atoms with Crippen LogP contribution in [0.5, 0.6) is 17.5 Å². The number of hydrogen-bond donors (Lipinski definition) is 0. The third-order valence-electron chi connectivity index (χ3n) is 1.88. The van der Waals surface area contributed by atoms with Crippen LogP contribution in [0.25, 0.3) is 0 Å². The third kappa shape index (κ3) is 2.25. The van der Waals surface area contributed by atoms with Crippen molar-refractivity contribution < 1.29 is 13.9 Å². The van der Waals surface area contributed by atoms with Crippen molar-refractivity contribution in [2.75, 3.05) is 7.11 Å². The van der Waals surface area contributed by atoms with Gasteiger partial charge in [-0.25, -0.2) is 14.4 Å². The lowest BCUT2D eigenvalue weighted by Gasteiger charge is -2.05. The summed E-state index contributed by atoms with van der Waals surface area (Å²) in [6.45, 7) is 0. The Balaban J connectivity index is 2.24. The molecule has 0 saturated heterocycles. The summed E-state index contributed by atoms with van der Waals surface area (Å²) < 4.78 is 23.4. The molecule has 0 atom stereocenters. The van der Waals surface area contributed by atoms with Crippen molar-refractivity contribution in [3.05, 3.63) is 42.5 Å². The summed E-state index contributed by atoms with van der Waals surface area (Å²) in [5, 5.41) is 0. The number of methoxy groups -OCH3 is 1. The zero-order valence-corrected chi connectivity index (χ0v) is 8.55. The molecule has 0 saturated carbocycles. The molecule has 4 nitrogen and oxygen atoms in total. The minimum Gasteiger partial charge on any atom is -0.481 e. The van der Waals surface area contributed by atoms with Crippen LogP contribution in [0.4, 0.5) is 4.39 Å². The van der Waals surface area contributed by atoms with Gasteiger partial charge in [0.2, 0.25) is 11.8 Å². The second kappa shape index (κ2) is 4.57. The van der Waals surface area contributed by atoms with Gasteiger partial charge in [0, 0.05) is 0 Å². The van der Waals surface area contributed by atoms with Crippen molar-refractivity contribution in [3.63, 3.8) is 0 Å². The fourth-order valence-corrected chi connectivity index (χ4v) is 1.13. The van der Waals surface area contributed by atoms with Gasteiger partial charge in [-0.05, 0) is 12.1 Å². The molecule has 2 aromatic rings. The Morgan fingerprint density at radius 2 is 1.88 bits per heavy atom. The van der Waals surface area contributed by atoms with E-state index in [-0.39, 0.29) is 11.6 Å². The normalized spacial score (nSPS) is 9.88. The van der Waals surface area contributed by atoms with E-state index in [0.29, 0.717) is 5.88 Å². The number of ether oxygens (including phenoxy) is 2. The third-order valence-corrected chi connectivity index (χ3v) is 1.88. The highest BCUT2D eigenvalue weighted by molar-refractivity contribution is 5.29. The van der Waals surface area contributed by atoms with Crippen LogP contribution in [-0.2, 0) is 0 Å². The highest BCUT2D eigenvalue weighted by atomic mass is 19.1. The molecule has 5 heteroatoms. The Kier molecular flexibility index (Phi) is 2.95. The standard InChI is InChI=1S/C11H9FN2O2/c1-15-10-6-11(14-7-13-10)16-9-5-3-2-4-8(9)12/h2-7H,1H3. The van der Waals surface area contributed by atoms with E-state index in [9.17, 15) is 4.39 Å². The molecule has 0 fully saturated rings. The molecular weight excluding hydrogens is 211 g/mol. The summed E-state index contributed by atoms with van der Waals surface area (Å²) in [6, 6.07) is 7.57. The summed E-state index contributed by atoms with van der Waals surface area (Å²) in [7, 11) is 1.48. The van der Waals surface area contributed by atoms with Crippen molar-refractivity contribution in [2.24, 2.45) is 0 Å². The maximum absolute atomic E-state index is 13.3. The summed E-state index contributed by atoms with van der Waals surface area (Å²) in [4.78, 5) is 7.66. The number of aromatic nitrogens is 2. The van der Waals surface area contributed by atoms with Gasteiger partial charge in [-0.2, -0.15) is 0 Å². The molecule has 0 aliphatic rings. The smallest absolute Gasteiger partial charge is 0.226 e. The highest BCUT2D eigenvalue weighted by Gasteiger charge is 2.05. The van der Waals surface area contributed by atoms with Gasteiger partial charge in [0.25, 0.3) is 0 Å². The van der Waals surface area contributed by atoms with Crippen LogP contribution >= 0.6 is 0 Å². The molecule has 0 amide bonds. The van der Waals surface area contributed by atoms with E-state index in [1.54, 1.807) is 12.1 Å². The number of para-hydroxylation sites is 1. The van der Waals surface area contributed by atoms with Gasteiger partial charge in [0.1, 0.15) is 6.33 Å². The Morgan fingerprint density at radius 1 is 1.12 bits per heavy atom. The summed E-state index contributed by atoms with van der Waals surface area (Å²) >= 11 is 0. The quantitative estimate of drug-likeness (QED) is 0.796. The molecule has 2 rings (SSSR count). The Morgan fingerprint density at radius 3 is 2.62 bits per heavy atom. The van der Waals surface area contributed by atoms with E-state index in [4.69, 9.17) is 9.47 Å². The zero-order chi connectivity index (χ0) is 11.4. The lowest BCUT2D eigenvalue weighted by atomic mass is 10.3. The molecule has 1 aromatic carbocycles. The van der Waals surface area contributed by atoms with E-state index in [2.05, 4.69) is 9.97 Å². The molecule has 0 aliphatic heterocycles. The minimum atomic E-state index is -0.444. The van der Waals surface area contributed by atoms with E-state index in [1.165, 1.54) is 31.6 Å². The Bertz CT molecular complexity index is 491. The van der Waals surface area contributed by atoms with Crippen molar-refractivity contribution in [1.29, 1.82) is 0 Å². The molecule has 0 spiro atoms. The van der Waals surface area contributed by atoms with E-state index in [0.717, 1.165) is 0 Å². The van der Waals surface area contributed by atoms with Crippen LogP contribution in [0, 0.1) is 5.82 Å². The lowest BCUT2D eigenvalue weighted by molar-refractivity contribution is 0.383. The first-order chi connectivity index (χ1) is 7.79. The van der Waals surface area contributed by atoms with E-state index < -0.39 is 5.82 Å². The van der Waals surface area contributed by atoms with Crippen molar-refractivity contribution in [2.45, 2.75) is 0 Å². The summed E-state index contributed by atoms with van der Waals surface area (Å²) in [5.41, 5.74) is 0. The first-order valence-electron chi connectivity index (χ1n) is 4.58. The summed E-state index contributed by atoms with van der Waals surface area (Å²) in [5.74, 6) is 0.265. The average Bonchev–Trinajstić information content (AvgIpc) is 2.32. The maximum Gasteiger partial charge on any atom is 0.226 e. The van der Waals surface area contributed by atoms with Gasteiger partial charge in [-0.1, -0.05) is 12.1 Å². The second-order valence-electron chi connectivity index (χ2n) is 2.93. The largest absolute Gasteiger partial charge is 0.481 e. The predicted molar refractivity (Wildman–Crippen MR) is 55.1 cm³/mol. The molecule has 0 aliphatic carbocycles. The fraction of sp³-hybridized carbons (Fsp3) is 0.0909. The average molecular weight is 220 g/mol. The van der Waals surface area contributed by atoms with Crippen molar-refractivity contribution >= 4 is 0 Å². The monoisotopic (exact) mass is 220 g/mol. The molecule has 0 unspecified atom stereocenters. The van der Waals surface area contributed by atoms with Crippen LogP contribution in [-0.4, -0.2) is 17.1 Å². The topological polar surface area (TPSA) is 44.2 Å². The minimum absolute atomic E-state index is 0.114. The van der Waals surface area contributed by atoms with E-state index >= 15 is 0 Å². The van der Waals surface area contributed by atoms with Crippen LogP contribution in [0.2, 0.25) is 0 Å². The Labute approximate surface area is 91.7 Å². The zero-order valence-electron chi connectivity index (χ0n) is 8.55. The van der Waals surface area contributed by atoms with E-state index in [1.807, 2.05) is 0 Å². The number of hydrogen-bond acceptors (Lipinski definition) is 4. The SMILES string of the molecule is COc1cc(Oc2ccccc2F)ncn1. The molecule has 1 aromatic heterocycles. The molecule has 16 heavy (non-hydrogen) atoms. The van der Waals surface area contributed by atoms with Gasteiger partial charge in [-0.3, -0.25) is 0 Å². The highest BCUT2D eigenvalue weighted by Crippen LogP contribution is 2.23. The van der Waals surface area contributed by atoms with Crippen LogP contribution in [0.1, 0.15) is 0 Å². The van der Waals surface area contributed by atoms with Gasteiger partial charge in [0.15, 0.2) is 11.6 Å². The van der Waals surface area contributed by atoms with Crippen LogP contribution < -0.4 is 9.47 Å². The van der Waals surface area contributed by atoms with Crippen LogP contribution in [0.3, 0.4) is 0 Å². The number of rotatable bonds is 3. The molecule has 0 bridgehead atoms. The molecule has 0 radical (unpaired) electrons. The maximum atomic E-state index is 13.3. The molecule has 0 N–H and O–H groups in total. The van der Waals surface area contributed by atoms with Gasteiger partial charge in [0.05, 0.1) is 13.2 Å². The first-order valence-corrected chi connectivity index (χ1v) is 4.58. The summed E-state index contributed by atoms with van der Waals surface area (Å²) in [6.07, 6.45) is 1.29. The second-order valence-corrected chi connectivity index (χ2v) is 2.93. The van der Waals surface area contributed by atoms with Gasteiger partial charge >= 0.3 is 0 Å². The molecular formula is C11H9FN2O2.